The van der Waals surface area contributed by atoms with Gasteiger partial charge in [-0.2, -0.15) is 11.8 Å². The van der Waals surface area contributed by atoms with Gasteiger partial charge in [-0.1, -0.05) is 30.3 Å². The van der Waals surface area contributed by atoms with Crippen LogP contribution in [0.25, 0.3) is 0 Å². The molecule has 0 aliphatic heterocycles. The smallest absolute Gasteiger partial charge is 0.314 e. The minimum Gasteiger partial charge on any atom is -0.481 e. The summed E-state index contributed by atoms with van der Waals surface area (Å²) in [5.74, 6) is -0.296. The number of carboxylic acids is 1. The number of nitrogens with zero attached hydrogens (tertiary/aromatic N) is 1. The Labute approximate surface area is 130 Å². The van der Waals surface area contributed by atoms with Gasteiger partial charge in [0.25, 0.3) is 0 Å². The molecule has 2 atom stereocenters. The third kappa shape index (κ3) is 4.24. The molecule has 4 nitrogen and oxygen atoms in total. The molecule has 116 valence electrons. The lowest BCUT2D eigenvalue weighted by molar-refractivity contribution is -0.147. The predicted octanol–water partition coefficient (Wildman–Crippen LogP) is 2.63. The van der Waals surface area contributed by atoms with Crippen LogP contribution in [0.4, 0.5) is 0 Å². The molecule has 1 aromatic rings. The number of hydrogen-bond donors (Lipinski definition) is 1. The highest BCUT2D eigenvalue weighted by Crippen LogP contribution is 2.29. The number of amides is 1. The average molecular weight is 309 g/mol. The molecule has 0 radical (unpaired) electrons. The molecule has 0 saturated carbocycles. The standard InChI is InChI=1S/C16H23NO3S/c1-12(11-21-4)17(3)14(18)10-16(2,15(19)20)13-8-6-5-7-9-13/h5-9,12H,10-11H2,1-4H3,(H,19,20). The van der Waals surface area contributed by atoms with Crippen LogP contribution in [0.1, 0.15) is 25.8 Å². The van der Waals surface area contributed by atoms with Crippen molar-refractivity contribution in [2.75, 3.05) is 19.1 Å². The average Bonchev–Trinajstić information content (AvgIpc) is 2.47. The van der Waals surface area contributed by atoms with Gasteiger partial charge in [-0.25, -0.2) is 0 Å². The monoisotopic (exact) mass is 309 g/mol. The molecular formula is C16H23NO3S. The zero-order chi connectivity index (χ0) is 16.0. The summed E-state index contributed by atoms with van der Waals surface area (Å²) in [4.78, 5) is 25.7. The van der Waals surface area contributed by atoms with Crippen LogP contribution in [0.2, 0.25) is 0 Å². The van der Waals surface area contributed by atoms with Crippen LogP contribution >= 0.6 is 11.8 Å². The van der Waals surface area contributed by atoms with E-state index in [1.165, 1.54) is 0 Å². The molecule has 0 bridgehead atoms. The van der Waals surface area contributed by atoms with Gasteiger partial charge in [-0.05, 0) is 25.7 Å². The second-order valence-corrected chi connectivity index (χ2v) is 6.40. The van der Waals surface area contributed by atoms with E-state index in [1.807, 2.05) is 19.2 Å². The first-order valence-electron chi connectivity index (χ1n) is 6.86. The van der Waals surface area contributed by atoms with E-state index in [-0.39, 0.29) is 18.4 Å². The molecule has 1 amide bonds. The van der Waals surface area contributed by atoms with Crippen molar-refractivity contribution < 1.29 is 14.7 Å². The number of rotatable bonds is 7. The molecule has 21 heavy (non-hydrogen) atoms. The Balaban J connectivity index is 2.94. The molecule has 0 aliphatic rings. The van der Waals surface area contributed by atoms with E-state index >= 15 is 0 Å². The van der Waals surface area contributed by atoms with Gasteiger partial charge in [0.1, 0.15) is 0 Å². The largest absolute Gasteiger partial charge is 0.481 e. The van der Waals surface area contributed by atoms with Crippen LogP contribution in [0.15, 0.2) is 30.3 Å². The number of carboxylic acid groups (broad SMARTS) is 1. The van der Waals surface area contributed by atoms with Crippen molar-refractivity contribution in [3.8, 4) is 0 Å². The maximum atomic E-state index is 12.4. The van der Waals surface area contributed by atoms with Gasteiger partial charge in [0.15, 0.2) is 0 Å². The zero-order valence-electron chi connectivity index (χ0n) is 13.0. The van der Waals surface area contributed by atoms with Crippen molar-refractivity contribution in [1.82, 2.24) is 4.90 Å². The van der Waals surface area contributed by atoms with Crippen molar-refractivity contribution in [1.29, 1.82) is 0 Å². The maximum Gasteiger partial charge on any atom is 0.314 e. The number of benzene rings is 1. The van der Waals surface area contributed by atoms with Crippen LogP contribution in [-0.4, -0.2) is 47.0 Å². The molecule has 0 heterocycles. The Morgan fingerprint density at radius 1 is 1.33 bits per heavy atom. The van der Waals surface area contributed by atoms with Crippen molar-refractivity contribution in [2.24, 2.45) is 0 Å². The molecule has 0 aliphatic carbocycles. The van der Waals surface area contributed by atoms with Crippen molar-refractivity contribution in [3.05, 3.63) is 35.9 Å². The number of thioether (sulfide) groups is 1. The first-order chi connectivity index (χ1) is 9.82. The molecule has 0 saturated heterocycles. The molecule has 0 aromatic heterocycles. The quantitative estimate of drug-likeness (QED) is 0.841. The third-order valence-electron chi connectivity index (χ3n) is 3.85. The van der Waals surface area contributed by atoms with Crippen LogP contribution in [0, 0.1) is 0 Å². The highest BCUT2D eigenvalue weighted by atomic mass is 32.2. The Morgan fingerprint density at radius 2 is 1.90 bits per heavy atom. The number of carbonyl (C=O) groups excluding carboxylic acids is 1. The fraction of sp³-hybridized carbons (Fsp3) is 0.500. The van der Waals surface area contributed by atoms with Crippen LogP contribution in [0.3, 0.4) is 0 Å². The number of hydrogen-bond acceptors (Lipinski definition) is 3. The third-order valence-corrected chi connectivity index (χ3v) is 4.67. The van der Waals surface area contributed by atoms with Gasteiger partial charge in [-0.3, -0.25) is 9.59 Å². The number of carbonyl (C=O) groups is 2. The second-order valence-electron chi connectivity index (χ2n) is 5.49. The van der Waals surface area contributed by atoms with Gasteiger partial charge in [0, 0.05) is 25.3 Å². The topological polar surface area (TPSA) is 57.6 Å². The lowest BCUT2D eigenvalue weighted by atomic mass is 9.79. The first-order valence-corrected chi connectivity index (χ1v) is 8.26. The summed E-state index contributed by atoms with van der Waals surface area (Å²) >= 11 is 1.67. The summed E-state index contributed by atoms with van der Waals surface area (Å²) in [7, 11) is 1.73. The maximum absolute atomic E-state index is 12.4. The molecule has 0 spiro atoms. The predicted molar refractivity (Wildman–Crippen MR) is 86.7 cm³/mol. The Bertz CT molecular complexity index is 492. The summed E-state index contributed by atoms with van der Waals surface area (Å²) < 4.78 is 0. The lowest BCUT2D eigenvalue weighted by Crippen LogP contribution is -2.43. The van der Waals surface area contributed by atoms with Crippen LogP contribution in [0.5, 0.6) is 0 Å². The summed E-state index contributed by atoms with van der Waals surface area (Å²) in [6.07, 6.45) is 1.95. The molecule has 0 fully saturated rings. The van der Waals surface area contributed by atoms with Gasteiger partial charge in [0.05, 0.1) is 5.41 Å². The molecule has 5 heteroatoms. The SMILES string of the molecule is CSCC(C)N(C)C(=O)CC(C)(C(=O)O)c1ccccc1. The molecular weight excluding hydrogens is 286 g/mol. The summed E-state index contributed by atoms with van der Waals surface area (Å²) in [6.45, 7) is 3.57. The van der Waals surface area contributed by atoms with E-state index in [0.717, 1.165) is 5.75 Å². The van der Waals surface area contributed by atoms with Crippen LogP contribution < -0.4 is 0 Å². The normalized spacial score (nSPS) is 15.0. The second kappa shape index (κ2) is 7.50. The highest BCUT2D eigenvalue weighted by Gasteiger charge is 2.38. The Kier molecular flexibility index (Phi) is 6.27. The van der Waals surface area contributed by atoms with Gasteiger partial charge >= 0.3 is 5.97 Å². The minimum atomic E-state index is -1.20. The van der Waals surface area contributed by atoms with E-state index in [0.29, 0.717) is 5.56 Å². The Hall–Kier alpha value is -1.49. The minimum absolute atomic E-state index is 0.0401. The fourth-order valence-electron chi connectivity index (χ4n) is 2.13. The van der Waals surface area contributed by atoms with Crippen molar-refractivity contribution >= 4 is 23.6 Å². The van der Waals surface area contributed by atoms with Crippen LogP contribution in [-0.2, 0) is 15.0 Å². The lowest BCUT2D eigenvalue weighted by Gasteiger charge is -2.30. The van der Waals surface area contributed by atoms with Gasteiger partial charge < -0.3 is 10.0 Å². The van der Waals surface area contributed by atoms with E-state index in [4.69, 9.17) is 0 Å². The van der Waals surface area contributed by atoms with Crippen molar-refractivity contribution in [3.63, 3.8) is 0 Å². The fourth-order valence-corrected chi connectivity index (χ4v) is 2.84. The van der Waals surface area contributed by atoms with E-state index in [2.05, 4.69) is 0 Å². The van der Waals surface area contributed by atoms with Gasteiger partial charge in [0.2, 0.25) is 5.91 Å². The summed E-state index contributed by atoms with van der Waals surface area (Å²) in [5, 5.41) is 9.58. The first kappa shape index (κ1) is 17.6. The van der Waals surface area contributed by atoms with E-state index in [1.54, 1.807) is 54.9 Å². The van der Waals surface area contributed by atoms with E-state index < -0.39 is 11.4 Å². The Morgan fingerprint density at radius 3 is 2.38 bits per heavy atom. The summed E-state index contributed by atoms with van der Waals surface area (Å²) in [6, 6.07) is 9.02. The highest BCUT2D eigenvalue weighted by molar-refractivity contribution is 7.98. The zero-order valence-corrected chi connectivity index (χ0v) is 13.8. The summed E-state index contributed by atoms with van der Waals surface area (Å²) in [5.41, 5.74) is -0.553. The molecule has 1 N–H and O–H groups in total. The van der Waals surface area contributed by atoms with Gasteiger partial charge in [-0.15, -0.1) is 0 Å². The molecule has 2 unspecified atom stereocenters. The van der Waals surface area contributed by atoms with E-state index in [9.17, 15) is 14.7 Å². The molecule has 1 rings (SSSR count). The molecule has 1 aromatic carbocycles. The number of aliphatic carboxylic acids is 1. The van der Waals surface area contributed by atoms with Crippen molar-refractivity contribution in [2.45, 2.75) is 31.7 Å².